The van der Waals surface area contributed by atoms with Crippen LogP contribution >= 0.6 is 0 Å². The van der Waals surface area contributed by atoms with Gasteiger partial charge in [-0.05, 0) is 13.0 Å². The fourth-order valence-corrected chi connectivity index (χ4v) is 2.19. The summed E-state index contributed by atoms with van der Waals surface area (Å²) in [6, 6.07) is 8.18. The monoisotopic (exact) mass is 289 g/mol. The van der Waals surface area contributed by atoms with Gasteiger partial charge in [0, 0.05) is 45.7 Å². The van der Waals surface area contributed by atoms with Crippen molar-refractivity contribution in [2.24, 2.45) is 0 Å². The van der Waals surface area contributed by atoms with E-state index in [0.717, 1.165) is 17.8 Å². The maximum atomic E-state index is 11.4. The van der Waals surface area contributed by atoms with Crippen LogP contribution in [0.1, 0.15) is 12.6 Å². The third-order valence-electron chi connectivity index (χ3n) is 3.31. The maximum absolute atomic E-state index is 11.4. The van der Waals surface area contributed by atoms with Gasteiger partial charge in [0.1, 0.15) is 0 Å². The standard InChI is InChI=1S/C15H23N5O/c1-4-20-14-8-6-5-7-12(14)13(18-20)11-16-9-10-17-15(21)19(2)3/h5-8,16H,4,9-11H2,1-3H3,(H,17,21). The summed E-state index contributed by atoms with van der Waals surface area (Å²) >= 11 is 0. The van der Waals surface area contributed by atoms with Gasteiger partial charge in [0.25, 0.3) is 0 Å². The van der Waals surface area contributed by atoms with Crippen molar-refractivity contribution in [3.05, 3.63) is 30.0 Å². The predicted molar refractivity (Wildman–Crippen MR) is 84.2 cm³/mol. The molecule has 1 aromatic carbocycles. The first kappa shape index (κ1) is 15.3. The molecule has 0 aliphatic heterocycles. The number of aromatic nitrogens is 2. The van der Waals surface area contributed by atoms with Gasteiger partial charge in [-0.15, -0.1) is 0 Å². The molecule has 0 fully saturated rings. The summed E-state index contributed by atoms with van der Waals surface area (Å²) in [4.78, 5) is 12.9. The highest BCUT2D eigenvalue weighted by molar-refractivity contribution is 5.81. The molecule has 1 aromatic heterocycles. The van der Waals surface area contributed by atoms with E-state index in [4.69, 9.17) is 0 Å². The fourth-order valence-electron chi connectivity index (χ4n) is 2.19. The normalized spacial score (nSPS) is 10.8. The summed E-state index contributed by atoms with van der Waals surface area (Å²) in [5.74, 6) is 0. The van der Waals surface area contributed by atoms with Crippen LogP contribution in [0.5, 0.6) is 0 Å². The highest BCUT2D eigenvalue weighted by atomic mass is 16.2. The Labute approximate surface area is 125 Å². The molecule has 0 saturated heterocycles. The Morgan fingerprint density at radius 1 is 1.29 bits per heavy atom. The van der Waals surface area contributed by atoms with E-state index in [-0.39, 0.29) is 6.03 Å². The number of hydrogen-bond donors (Lipinski definition) is 2. The second-order valence-corrected chi connectivity index (χ2v) is 5.08. The quantitative estimate of drug-likeness (QED) is 0.791. The number of hydrogen-bond acceptors (Lipinski definition) is 3. The SMILES string of the molecule is CCn1nc(CNCCNC(=O)N(C)C)c2ccccc21. The molecule has 0 radical (unpaired) electrons. The van der Waals surface area contributed by atoms with Crippen LogP contribution in [0, 0.1) is 0 Å². The summed E-state index contributed by atoms with van der Waals surface area (Å²) in [6.45, 7) is 4.97. The molecule has 0 aliphatic rings. The van der Waals surface area contributed by atoms with Crippen LogP contribution in [-0.2, 0) is 13.1 Å². The first-order valence-corrected chi connectivity index (χ1v) is 7.23. The zero-order valence-corrected chi connectivity index (χ0v) is 12.9. The van der Waals surface area contributed by atoms with E-state index in [0.29, 0.717) is 19.6 Å². The van der Waals surface area contributed by atoms with Crippen molar-refractivity contribution in [1.29, 1.82) is 0 Å². The first-order valence-electron chi connectivity index (χ1n) is 7.23. The van der Waals surface area contributed by atoms with Crippen LogP contribution in [0.15, 0.2) is 24.3 Å². The molecule has 6 heteroatoms. The zero-order valence-electron chi connectivity index (χ0n) is 12.9. The Kier molecular flexibility index (Phi) is 5.16. The average molecular weight is 289 g/mol. The van der Waals surface area contributed by atoms with E-state index >= 15 is 0 Å². The second kappa shape index (κ2) is 7.08. The van der Waals surface area contributed by atoms with E-state index in [9.17, 15) is 4.79 Å². The minimum absolute atomic E-state index is 0.0717. The van der Waals surface area contributed by atoms with Crippen LogP contribution in [0.25, 0.3) is 10.9 Å². The van der Waals surface area contributed by atoms with Crippen molar-refractivity contribution in [3.8, 4) is 0 Å². The molecule has 6 nitrogen and oxygen atoms in total. The third-order valence-corrected chi connectivity index (χ3v) is 3.31. The maximum Gasteiger partial charge on any atom is 0.316 e. The smallest absolute Gasteiger partial charge is 0.316 e. The molecule has 0 saturated carbocycles. The number of para-hydroxylation sites is 1. The molecule has 21 heavy (non-hydrogen) atoms. The fraction of sp³-hybridized carbons (Fsp3) is 0.467. The lowest BCUT2D eigenvalue weighted by Gasteiger charge is -2.11. The Bertz CT molecular complexity index is 605. The molecule has 1 heterocycles. The molecule has 114 valence electrons. The zero-order chi connectivity index (χ0) is 15.2. The number of carbonyl (C=O) groups is 1. The summed E-state index contributed by atoms with van der Waals surface area (Å²) in [5, 5.41) is 11.9. The van der Waals surface area contributed by atoms with E-state index in [2.05, 4.69) is 34.8 Å². The lowest BCUT2D eigenvalue weighted by molar-refractivity contribution is 0.217. The van der Waals surface area contributed by atoms with Crippen molar-refractivity contribution < 1.29 is 4.79 Å². The van der Waals surface area contributed by atoms with Crippen molar-refractivity contribution in [1.82, 2.24) is 25.3 Å². The molecule has 2 N–H and O–H groups in total. The van der Waals surface area contributed by atoms with Crippen molar-refractivity contribution in [2.75, 3.05) is 27.2 Å². The van der Waals surface area contributed by atoms with Crippen LogP contribution in [-0.4, -0.2) is 47.9 Å². The number of urea groups is 1. The predicted octanol–water partition coefficient (Wildman–Crippen LogP) is 1.42. The van der Waals surface area contributed by atoms with Gasteiger partial charge in [-0.3, -0.25) is 4.68 Å². The third kappa shape index (κ3) is 3.72. The lowest BCUT2D eigenvalue weighted by Crippen LogP contribution is -2.38. The Hall–Kier alpha value is -2.08. The van der Waals surface area contributed by atoms with Crippen LogP contribution in [0.4, 0.5) is 4.79 Å². The molecule has 0 aliphatic carbocycles. The minimum Gasteiger partial charge on any atom is -0.337 e. The molecular formula is C15H23N5O. The average Bonchev–Trinajstić information content (AvgIpc) is 2.85. The number of rotatable bonds is 6. The Morgan fingerprint density at radius 3 is 2.76 bits per heavy atom. The van der Waals surface area contributed by atoms with E-state index in [1.807, 2.05) is 16.8 Å². The number of nitrogens with one attached hydrogen (secondary N) is 2. The van der Waals surface area contributed by atoms with Gasteiger partial charge in [0.05, 0.1) is 11.2 Å². The molecule has 0 spiro atoms. The molecular weight excluding hydrogens is 266 g/mol. The summed E-state index contributed by atoms with van der Waals surface area (Å²) < 4.78 is 2.01. The van der Waals surface area contributed by atoms with E-state index in [1.54, 1.807) is 14.1 Å². The summed E-state index contributed by atoms with van der Waals surface area (Å²) in [5.41, 5.74) is 2.21. The van der Waals surface area contributed by atoms with Gasteiger partial charge in [-0.1, -0.05) is 18.2 Å². The van der Waals surface area contributed by atoms with Gasteiger partial charge in [-0.25, -0.2) is 4.79 Å². The van der Waals surface area contributed by atoms with Crippen molar-refractivity contribution >= 4 is 16.9 Å². The molecule has 0 unspecified atom stereocenters. The number of benzene rings is 1. The Balaban J connectivity index is 1.88. The lowest BCUT2D eigenvalue weighted by atomic mass is 10.2. The summed E-state index contributed by atoms with van der Waals surface area (Å²) in [6.07, 6.45) is 0. The second-order valence-electron chi connectivity index (χ2n) is 5.08. The van der Waals surface area contributed by atoms with Gasteiger partial charge in [0.15, 0.2) is 0 Å². The van der Waals surface area contributed by atoms with Gasteiger partial charge in [-0.2, -0.15) is 5.10 Å². The van der Waals surface area contributed by atoms with Crippen LogP contribution in [0.3, 0.4) is 0 Å². The van der Waals surface area contributed by atoms with Gasteiger partial charge < -0.3 is 15.5 Å². The first-order chi connectivity index (χ1) is 10.1. The van der Waals surface area contributed by atoms with Crippen molar-refractivity contribution in [2.45, 2.75) is 20.0 Å². The Morgan fingerprint density at radius 2 is 2.05 bits per heavy atom. The molecule has 0 atom stereocenters. The molecule has 0 bridgehead atoms. The number of fused-ring (bicyclic) bond motifs is 1. The van der Waals surface area contributed by atoms with Crippen LogP contribution in [0.2, 0.25) is 0 Å². The largest absolute Gasteiger partial charge is 0.337 e. The highest BCUT2D eigenvalue weighted by Crippen LogP contribution is 2.17. The number of nitrogens with zero attached hydrogens (tertiary/aromatic N) is 3. The van der Waals surface area contributed by atoms with Gasteiger partial charge in [0.2, 0.25) is 0 Å². The number of amides is 2. The van der Waals surface area contributed by atoms with Crippen LogP contribution < -0.4 is 10.6 Å². The van der Waals surface area contributed by atoms with Crippen molar-refractivity contribution in [3.63, 3.8) is 0 Å². The number of aryl methyl sites for hydroxylation is 1. The number of carbonyl (C=O) groups excluding carboxylic acids is 1. The minimum atomic E-state index is -0.0717. The molecule has 2 aromatic rings. The molecule has 2 amide bonds. The highest BCUT2D eigenvalue weighted by Gasteiger charge is 2.08. The summed E-state index contributed by atoms with van der Waals surface area (Å²) in [7, 11) is 3.46. The molecule has 2 rings (SSSR count). The topological polar surface area (TPSA) is 62.2 Å². The van der Waals surface area contributed by atoms with Gasteiger partial charge >= 0.3 is 6.03 Å². The van der Waals surface area contributed by atoms with E-state index < -0.39 is 0 Å². The van der Waals surface area contributed by atoms with E-state index in [1.165, 1.54) is 10.3 Å².